The van der Waals surface area contributed by atoms with E-state index >= 15 is 0 Å². The van der Waals surface area contributed by atoms with Gasteiger partial charge in [0.1, 0.15) is 18.3 Å². The number of aryl methyl sites for hydroxylation is 1. The molecule has 0 saturated carbocycles. The lowest BCUT2D eigenvalue weighted by molar-refractivity contribution is -0.140. The van der Waals surface area contributed by atoms with Crippen molar-refractivity contribution in [2.24, 2.45) is 0 Å². The summed E-state index contributed by atoms with van der Waals surface area (Å²) >= 11 is 0. The Kier molecular flexibility index (Phi) is 12.0. The number of anilines is 1. The third kappa shape index (κ3) is 8.75. The van der Waals surface area contributed by atoms with E-state index in [2.05, 4.69) is 5.32 Å². The zero-order valence-corrected chi connectivity index (χ0v) is 27.7. The van der Waals surface area contributed by atoms with Crippen LogP contribution in [0.25, 0.3) is 0 Å². The van der Waals surface area contributed by atoms with Crippen molar-refractivity contribution in [1.82, 2.24) is 10.2 Å². The second kappa shape index (κ2) is 16.1. The summed E-state index contributed by atoms with van der Waals surface area (Å²) in [7, 11) is -2.58. The number of amides is 2. The minimum atomic E-state index is -4.15. The van der Waals surface area contributed by atoms with E-state index in [1.165, 1.54) is 17.0 Å². The van der Waals surface area contributed by atoms with Crippen LogP contribution in [0.3, 0.4) is 0 Å². The third-order valence-electron chi connectivity index (χ3n) is 8.00. The van der Waals surface area contributed by atoms with Gasteiger partial charge in [0.05, 0.1) is 17.7 Å². The second-order valence-corrected chi connectivity index (χ2v) is 13.1. The average Bonchev–Trinajstić information content (AvgIpc) is 3.09. The Bertz CT molecular complexity index is 1680. The molecule has 4 aromatic rings. The summed E-state index contributed by atoms with van der Waals surface area (Å²) in [6.07, 6.45) is 1.74. The molecule has 0 radical (unpaired) electrons. The van der Waals surface area contributed by atoms with Gasteiger partial charge in [0, 0.05) is 19.0 Å². The summed E-state index contributed by atoms with van der Waals surface area (Å²) in [4.78, 5) is 30.1. The van der Waals surface area contributed by atoms with Gasteiger partial charge in [-0.25, -0.2) is 8.42 Å². The quantitative estimate of drug-likeness (QED) is 0.172. The molecule has 8 nitrogen and oxygen atoms in total. The number of methoxy groups -OCH3 is 1. The molecule has 0 unspecified atom stereocenters. The van der Waals surface area contributed by atoms with E-state index < -0.39 is 28.5 Å². The smallest absolute Gasteiger partial charge is 0.264 e. The summed E-state index contributed by atoms with van der Waals surface area (Å²) in [5.74, 6) is -0.209. The molecule has 2 atom stereocenters. The fourth-order valence-electron chi connectivity index (χ4n) is 5.11. The first kappa shape index (κ1) is 34.2. The van der Waals surface area contributed by atoms with Crippen molar-refractivity contribution < 1.29 is 22.7 Å². The molecule has 0 fully saturated rings. The zero-order chi connectivity index (χ0) is 33.1. The van der Waals surface area contributed by atoms with E-state index in [0.717, 1.165) is 27.4 Å². The fourth-order valence-corrected chi connectivity index (χ4v) is 6.54. The van der Waals surface area contributed by atoms with Gasteiger partial charge in [0.25, 0.3) is 10.0 Å². The van der Waals surface area contributed by atoms with Crippen molar-refractivity contribution in [2.45, 2.75) is 63.6 Å². The lowest BCUT2D eigenvalue weighted by Gasteiger charge is -2.34. The molecule has 0 saturated heterocycles. The number of nitrogens with one attached hydrogen (secondary N) is 1. The van der Waals surface area contributed by atoms with Crippen LogP contribution in [0, 0.1) is 0 Å². The Balaban J connectivity index is 1.81. The number of carbonyl (C=O) groups excluding carboxylic acids is 2. The van der Waals surface area contributed by atoms with Crippen LogP contribution < -0.4 is 14.4 Å². The number of hydrogen-bond acceptors (Lipinski definition) is 5. The first-order valence-corrected chi connectivity index (χ1v) is 17.0. The Morgan fingerprint density at radius 3 is 2.04 bits per heavy atom. The van der Waals surface area contributed by atoms with Gasteiger partial charge in [-0.1, -0.05) is 86.6 Å². The molecule has 4 aromatic carbocycles. The number of benzene rings is 4. The van der Waals surface area contributed by atoms with Crippen molar-refractivity contribution in [2.75, 3.05) is 18.0 Å². The lowest BCUT2D eigenvalue weighted by atomic mass is 10.0. The number of hydrogen-bond donors (Lipinski definition) is 1. The molecular weight excluding hydrogens is 598 g/mol. The van der Waals surface area contributed by atoms with Gasteiger partial charge in [0.2, 0.25) is 11.8 Å². The van der Waals surface area contributed by atoms with Crippen LogP contribution in [0.15, 0.2) is 114 Å². The molecule has 2 amide bonds. The number of sulfonamides is 1. The van der Waals surface area contributed by atoms with E-state index in [9.17, 15) is 18.0 Å². The van der Waals surface area contributed by atoms with Gasteiger partial charge in [0.15, 0.2) is 0 Å². The predicted molar refractivity (Wildman–Crippen MR) is 182 cm³/mol. The maximum Gasteiger partial charge on any atom is 0.264 e. The summed E-state index contributed by atoms with van der Waals surface area (Å²) in [5.41, 5.74) is 3.02. The maximum atomic E-state index is 14.6. The number of nitrogens with zero attached hydrogens (tertiary/aromatic N) is 2. The first-order chi connectivity index (χ1) is 22.2. The minimum Gasteiger partial charge on any atom is -0.497 e. The third-order valence-corrected chi connectivity index (χ3v) is 9.79. The molecule has 0 aromatic heterocycles. The first-order valence-electron chi connectivity index (χ1n) is 15.6. The van der Waals surface area contributed by atoms with Crippen molar-refractivity contribution in [3.8, 4) is 5.75 Å². The molecule has 9 heteroatoms. The molecule has 0 bridgehead atoms. The molecule has 0 aliphatic heterocycles. The summed E-state index contributed by atoms with van der Waals surface area (Å²) in [6.45, 7) is 5.47. The fraction of sp³-hybridized carbons (Fsp3) is 0.297. The monoisotopic (exact) mass is 641 g/mol. The van der Waals surface area contributed by atoms with E-state index in [0.29, 0.717) is 17.9 Å². The average molecular weight is 642 g/mol. The highest BCUT2D eigenvalue weighted by Gasteiger charge is 2.35. The van der Waals surface area contributed by atoms with Crippen molar-refractivity contribution in [3.05, 3.63) is 126 Å². The molecule has 0 aliphatic carbocycles. The molecule has 0 spiro atoms. The van der Waals surface area contributed by atoms with Crippen LogP contribution in [-0.2, 0) is 39.0 Å². The number of ether oxygens (including phenoxy) is 1. The Morgan fingerprint density at radius 2 is 1.43 bits per heavy atom. The summed E-state index contributed by atoms with van der Waals surface area (Å²) < 4.78 is 34.8. The van der Waals surface area contributed by atoms with Gasteiger partial charge in [-0.15, -0.1) is 0 Å². The Labute approximate surface area is 273 Å². The molecule has 4 rings (SSSR count). The van der Waals surface area contributed by atoms with Gasteiger partial charge >= 0.3 is 0 Å². The molecule has 46 heavy (non-hydrogen) atoms. The highest BCUT2D eigenvalue weighted by molar-refractivity contribution is 7.92. The highest BCUT2D eigenvalue weighted by Crippen LogP contribution is 2.26. The molecule has 0 aliphatic rings. The topological polar surface area (TPSA) is 96.0 Å². The number of rotatable bonds is 15. The van der Waals surface area contributed by atoms with Gasteiger partial charge < -0.3 is 15.0 Å². The summed E-state index contributed by atoms with van der Waals surface area (Å²) in [5, 5.41) is 3.06. The normalized spacial score (nSPS) is 12.5. The molecule has 1 N–H and O–H groups in total. The van der Waals surface area contributed by atoms with E-state index in [-0.39, 0.29) is 29.8 Å². The minimum absolute atomic E-state index is 0.0649. The largest absolute Gasteiger partial charge is 0.497 e. The van der Waals surface area contributed by atoms with E-state index in [4.69, 9.17) is 4.74 Å². The van der Waals surface area contributed by atoms with Crippen LogP contribution in [0.4, 0.5) is 5.69 Å². The number of carbonyl (C=O) groups is 2. The maximum absolute atomic E-state index is 14.6. The highest BCUT2D eigenvalue weighted by atomic mass is 32.2. The van der Waals surface area contributed by atoms with Gasteiger partial charge in [-0.2, -0.15) is 0 Å². The van der Waals surface area contributed by atoms with E-state index in [1.54, 1.807) is 43.5 Å². The van der Waals surface area contributed by atoms with E-state index in [1.807, 2.05) is 81.4 Å². The van der Waals surface area contributed by atoms with Crippen LogP contribution in [0.1, 0.15) is 43.9 Å². The molecule has 0 heterocycles. The van der Waals surface area contributed by atoms with Crippen LogP contribution >= 0.6 is 0 Å². The Morgan fingerprint density at radius 1 is 0.804 bits per heavy atom. The molecular formula is C37H43N3O5S. The Hall–Kier alpha value is -4.63. The zero-order valence-electron chi connectivity index (χ0n) is 26.9. The van der Waals surface area contributed by atoms with Gasteiger partial charge in [-0.05, 0) is 72.9 Å². The van der Waals surface area contributed by atoms with Crippen LogP contribution in [0.5, 0.6) is 5.75 Å². The van der Waals surface area contributed by atoms with Crippen molar-refractivity contribution >= 4 is 27.5 Å². The molecule has 242 valence electrons. The van der Waals surface area contributed by atoms with Crippen LogP contribution in [0.2, 0.25) is 0 Å². The van der Waals surface area contributed by atoms with Gasteiger partial charge in [-0.3, -0.25) is 13.9 Å². The standard InChI is InChI=1S/C37H43N3O5S/c1-5-28(3)38-37(42)35(25-30-14-9-7-10-15-30)39(26-31-16-13-17-33(24-31)45-4)36(41)27-40(32-22-20-29(6-2)21-23-32)46(43,44)34-18-11-8-12-19-34/h7-24,28,35H,5-6,25-27H2,1-4H3,(H,38,42)/t28-,35+/m1/s1. The van der Waals surface area contributed by atoms with Crippen molar-refractivity contribution in [3.63, 3.8) is 0 Å². The predicted octanol–water partition coefficient (Wildman–Crippen LogP) is 6.01. The lowest BCUT2D eigenvalue weighted by Crippen LogP contribution is -2.54. The second-order valence-electron chi connectivity index (χ2n) is 11.2. The summed E-state index contributed by atoms with van der Waals surface area (Å²) in [6, 6.07) is 31.0. The van der Waals surface area contributed by atoms with Crippen molar-refractivity contribution in [1.29, 1.82) is 0 Å². The van der Waals surface area contributed by atoms with Crippen LogP contribution in [-0.4, -0.2) is 50.9 Å². The SMILES string of the molecule is CCc1ccc(N(CC(=O)N(Cc2cccc(OC)c2)[C@@H](Cc2ccccc2)C(=O)N[C@H](C)CC)S(=O)(=O)c2ccccc2)cc1.